The van der Waals surface area contributed by atoms with Gasteiger partial charge in [-0.05, 0) is 146 Å². The van der Waals surface area contributed by atoms with Crippen molar-refractivity contribution < 1.29 is 0 Å². The van der Waals surface area contributed by atoms with Crippen LogP contribution in [0.3, 0.4) is 0 Å². The summed E-state index contributed by atoms with van der Waals surface area (Å²) in [5.41, 5.74) is 15.5. The van der Waals surface area contributed by atoms with Crippen molar-refractivity contribution in [1.29, 1.82) is 0 Å². The number of benzene rings is 3. The zero-order valence-corrected chi connectivity index (χ0v) is 21.8. The Kier molecular flexibility index (Phi) is 6.96. The van der Waals surface area contributed by atoms with Gasteiger partial charge in [0.05, 0.1) is 0 Å². The molecule has 2 atom stereocenters. The molecule has 0 amide bonds. The molecule has 0 spiro atoms. The summed E-state index contributed by atoms with van der Waals surface area (Å²) in [6, 6.07) is 19.4. The van der Waals surface area contributed by atoms with Crippen LogP contribution in [0.15, 0.2) is 48.5 Å². The monoisotopic (exact) mass is 450 g/mol. The van der Waals surface area contributed by atoms with Crippen molar-refractivity contribution in [2.45, 2.75) is 104 Å². The van der Waals surface area contributed by atoms with Gasteiger partial charge in [-0.3, -0.25) is 0 Å². The molecule has 0 aliphatic heterocycles. The normalized spacial score (nSPS) is 18.1. The van der Waals surface area contributed by atoms with Crippen molar-refractivity contribution in [2.24, 2.45) is 0 Å². The van der Waals surface area contributed by atoms with Gasteiger partial charge in [0.15, 0.2) is 0 Å². The molecular formula is C34H42. The van der Waals surface area contributed by atoms with Gasteiger partial charge in [-0.2, -0.15) is 0 Å². The van der Waals surface area contributed by atoms with Crippen LogP contribution in [0, 0.1) is 13.8 Å². The zero-order valence-electron chi connectivity index (χ0n) is 21.8. The Morgan fingerprint density at radius 2 is 0.971 bits per heavy atom. The number of aryl methyl sites for hydroxylation is 6. The van der Waals surface area contributed by atoms with Gasteiger partial charge in [0, 0.05) is 0 Å². The zero-order chi connectivity index (χ0) is 23.7. The van der Waals surface area contributed by atoms with E-state index in [-0.39, 0.29) is 0 Å². The molecule has 0 N–H and O–H groups in total. The summed E-state index contributed by atoms with van der Waals surface area (Å²) in [4.78, 5) is 0. The average Bonchev–Trinajstić information content (AvgIpc) is 2.80. The third-order valence-electron chi connectivity index (χ3n) is 8.65. The van der Waals surface area contributed by atoms with E-state index in [1.807, 2.05) is 0 Å². The predicted octanol–water partition coefficient (Wildman–Crippen LogP) is 8.75. The Hall–Kier alpha value is -2.34. The van der Waals surface area contributed by atoms with Crippen LogP contribution in [0.5, 0.6) is 0 Å². The molecule has 2 aliphatic rings. The number of unbranched alkanes of at least 4 members (excludes halogenated alkanes) is 2. The Labute approximate surface area is 207 Å². The van der Waals surface area contributed by atoms with Crippen LogP contribution in [0.1, 0.15) is 107 Å². The summed E-state index contributed by atoms with van der Waals surface area (Å²) >= 11 is 0. The van der Waals surface area contributed by atoms with E-state index in [4.69, 9.17) is 0 Å². The second kappa shape index (κ2) is 10.1. The molecule has 0 fully saturated rings. The van der Waals surface area contributed by atoms with E-state index in [1.54, 1.807) is 33.4 Å². The van der Waals surface area contributed by atoms with E-state index in [9.17, 15) is 0 Å². The average molecular weight is 451 g/mol. The Balaban J connectivity index is 1.06. The Morgan fingerprint density at radius 1 is 0.559 bits per heavy atom. The fourth-order valence-electron chi connectivity index (χ4n) is 6.33. The van der Waals surface area contributed by atoms with Gasteiger partial charge in [0.25, 0.3) is 0 Å². The molecule has 0 saturated carbocycles. The van der Waals surface area contributed by atoms with Crippen LogP contribution in [0.2, 0.25) is 0 Å². The molecule has 0 aromatic heterocycles. The highest BCUT2D eigenvalue weighted by molar-refractivity contribution is 5.43. The Bertz CT molecular complexity index is 1070. The Morgan fingerprint density at radius 3 is 1.35 bits per heavy atom. The second-order valence-electron chi connectivity index (χ2n) is 11.4. The lowest BCUT2D eigenvalue weighted by molar-refractivity contribution is 0.661. The highest BCUT2D eigenvalue weighted by Gasteiger charge is 2.22. The summed E-state index contributed by atoms with van der Waals surface area (Å²) in [5, 5.41) is 0. The second-order valence-corrected chi connectivity index (χ2v) is 11.4. The first-order chi connectivity index (χ1) is 16.5. The minimum atomic E-state index is 0.780. The molecule has 0 saturated heterocycles. The van der Waals surface area contributed by atoms with Crippen molar-refractivity contribution in [1.82, 2.24) is 0 Å². The summed E-state index contributed by atoms with van der Waals surface area (Å²) in [7, 11) is 0. The quantitative estimate of drug-likeness (QED) is 0.271. The van der Waals surface area contributed by atoms with Gasteiger partial charge in [-0.1, -0.05) is 62.4 Å². The van der Waals surface area contributed by atoms with E-state index in [0.29, 0.717) is 0 Å². The third kappa shape index (κ3) is 5.02. The molecule has 2 unspecified atom stereocenters. The van der Waals surface area contributed by atoms with Gasteiger partial charge in [-0.25, -0.2) is 0 Å². The molecule has 2 aliphatic carbocycles. The molecule has 0 bridgehead atoms. The van der Waals surface area contributed by atoms with E-state index in [1.165, 1.54) is 86.5 Å². The molecular weight excluding hydrogens is 408 g/mol. The summed E-state index contributed by atoms with van der Waals surface area (Å²) in [6.45, 7) is 9.32. The highest BCUT2D eigenvalue weighted by Crippen LogP contribution is 2.36. The van der Waals surface area contributed by atoms with Crippen molar-refractivity contribution in [3.05, 3.63) is 104 Å². The van der Waals surface area contributed by atoms with Crippen LogP contribution in [-0.2, 0) is 38.5 Å². The first-order valence-corrected chi connectivity index (χ1v) is 13.8. The van der Waals surface area contributed by atoms with Crippen LogP contribution in [0.25, 0.3) is 0 Å². The smallest absolute Gasteiger partial charge is 0.0147 e. The minimum absolute atomic E-state index is 0.780. The fraction of sp³-hybridized carbons (Fsp3) is 0.471. The van der Waals surface area contributed by atoms with Gasteiger partial charge < -0.3 is 0 Å². The van der Waals surface area contributed by atoms with E-state index in [2.05, 4.69) is 76.2 Å². The fourth-order valence-corrected chi connectivity index (χ4v) is 6.33. The van der Waals surface area contributed by atoms with Crippen molar-refractivity contribution in [3.63, 3.8) is 0 Å². The molecule has 0 heteroatoms. The third-order valence-corrected chi connectivity index (χ3v) is 8.65. The molecule has 3 aromatic carbocycles. The van der Waals surface area contributed by atoms with E-state index in [0.717, 1.165) is 11.8 Å². The van der Waals surface area contributed by atoms with E-state index >= 15 is 0 Å². The summed E-state index contributed by atoms with van der Waals surface area (Å²) < 4.78 is 0. The maximum atomic E-state index is 2.48. The van der Waals surface area contributed by atoms with Crippen LogP contribution in [-0.4, -0.2) is 0 Å². The lowest BCUT2D eigenvalue weighted by Gasteiger charge is -2.27. The van der Waals surface area contributed by atoms with Crippen molar-refractivity contribution in [2.75, 3.05) is 0 Å². The largest absolute Gasteiger partial charge is 0.0587 e. The topological polar surface area (TPSA) is 0 Å². The highest BCUT2D eigenvalue weighted by atomic mass is 14.3. The number of fused-ring (bicyclic) bond motifs is 2. The maximum absolute atomic E-state index is 2.48. The molecule has 5 rings (SSSR count). The standard InChI is InChI=1S/C34H42/c1-23-17-30(12-8-6-10-28-14-16-34-26(4)20-32(34)22-28)24(2)18-29(23)11-7-5-9-27-13-15-33-25(3)19-31(33)21-27/h13-18,21-22,25-26H,5-12,19-20H2,1-4H3. The first kappa shape index (κ1) is 23.4. The van der Waals surface area contributed by atoms with Gasteiger partial charge in [0.2, 0.25) is 0 Å². The van der Waals surface area contributed by atoms with Crippen molar-refractivity contribution in [3.8, 4) is 0 Å². The lowest BCUT2D eigenvalue weighted by atomic mass is 9.78. The molecule has 0 radical (unpaired) electrons. The van der Waals surface area contributed by atoms with Crippen LogP contribution in [0.4, 0.5) is 0 Å². The first-order valence-electron chi connectivity index (χ1n) is 13.8. The molecule has 0 heterocycles. The molecule has 0 nitrogen and oxygen atoms in total. The van der Waals surface area contributed by atoms with Crippen molar-refractivity contribution >= 4 is 0 Å². The summed E-state index contributed by atoms with van der Waals surface area (Å²) in [5.74, 6) is 1.56. The molecule has 3 aromatic rings. The maximum Gasteiger partial charge on any atom is -0.0147 e. The predicted molar refractivity (Wildman–Crippen MR) is 146 cm³/mol. The van der Waals surface area contributed by atoms with Gasteiger partial charge >= 0.3 is 0 Å². The number of rotatable bonds is 10. The summed E-state index contributed by atoms with van der Waals surface area (Å²) in [6.07, 6.45) is 12.6. The van der Waals surface area contributed by atoms with Gasteiger partial charge in [-0.15, -0.1) is 0 Å². The molecule has 178 valence electrons. The number of hydrogen-bond acceptors (Lipinski definition) is 0. The lowest BCUT2D eigenvalue weighted by Crippen LogP contribution is -2.14. The van der Waals surface area contributed by atoms with E-state index < -0.39 is 0 Å². The van der Waals surface area contributed by atoms with Gasteiger partial charge in [0.1, 0.15) is 0 Å². The minimum Gasteiger partial charge on any atom is -0.0587 e. The van der Waals surface area contributed by atoms with Crippen LogP contribution >= 0.6 is 0 Å². The number of hydrogen-bond donors (Lipinski definition) is 0. The van der Waals surface area contributed by atoms with Crippen LogP contribution < -0.4 is 0 Å². The SMILES string of the molecule is Cc1cc(CCCCc2ccc3c(c2)CC3C)c(C)cc1CCCCc1ccc2c(c1)CC2C. The molecule has 34 heavy (non-hydrogen) atoms.